The first-order chi connectivity index (χ1) is 12.4. The molecule has 0 heterocycles. The Morgan fingerprint density at radius 2 is 1.96 bits per heavy atom. The summed E-state index contributed by atoms with van der Waals surface area (Å²) >= 11 is 0. The number of alkyl halides is 3. The SMILES string of the molecule is CN=C(NCc1ccc(OCC(F)(F)F)cc1)N(C)CCOCC1CC1. The van der Waals surface area contributed by atoms with Gasteiger partial charge in [0.1, 0.15) is 5.75 Å². The van der Waals surface area contributed by atoms with Crippen molar-refractivity contribution in [3.05, 3.63) is 29.8 Å². The van der Waals surface area contributed by atoms with Crippen LogP contribution < -0.4 is 10.1 Å². The van der Waals surface area contributed by atoms with Crippen LogP contribution in [-0.4, -0.2) is 57.5 Å². The Morgan fingerprint density at radius 1 is 1.27 bits per heavy atom. The summed E-state index contributed by atoms with van der Waals surface area (Å²) in [6, 6.07) is 6.51. The zero-order chi connectivity index (χ0) is 19.0. The van der Waals surface area contributed by atoms with E-state index in [1.165, 1.54) is 25.0 Å². The van der Waals surface area contributed by atoms with Gasteiger partial charge in [-0.05, 0) is 36.5 Å². The Kier molecular flexibility index (Phi) is 7.56. The second-order valence-electron chi connectivity index (χ2n) is 6.39. The maximum atomic E-state index is 12.1. The van der Waals surface area contributed by atoms with Crippen LogP contribution in [-0.2, 0) is 11.3 Å². The minimum absolute atomic E-state index is 0.195. The third kappa shape index (κ3) is 7.95. The Labute approximate surface area is 152 Å². The lowest BCUT2D eigenvalue weighted by Gasteiger charge is -2.22. The van der Waals surface area contributed by atoms with Crippen molar-refractivity contribution in [2.45, 2.75) is 25.6 Å². The van der Waals surface area contributed by atoms with Crippen LogP contribution in [0.15, 0.2) is 29.3 Å². The number of likely N-dealkylation sites (N-methyl/N-ethyl adjacent to an activating group) is 1. The molecule has 0 aromatic heterocycles. The number of benzene rings is 1. The fourth-order valence-corrected chi connectivity index (χ4v) is 2.28. The molecule has 1 fully saturated rings. The zero-order valence-corrected chi connectivity index (χ0v) is 15.2. The van der Waals surface area contributed by atoms with Crippen molar-refractivity contribution >= 4 is 5.96 Å². The predicted molar refractivity (Wildman–Crippen MR) is 94.4 cm³/mol. The van der Waals surface area contributed by atoms with Crippen LogP contribution in [0.25, 0.3) is 0 Å². The number of hydrogen-bond donors (Lipinski definition) is 1. The molecular weight excluding hydrogens is 347 g/mol. The summed E-state index contributed by atoms with van der Waals surface area (Å²) in [5.74, 6) is 1.68. The zero-order valence-electron chi connectivity index (χ0n) is 15.2. The number of ether oxygens (including phenoxy) is 2. The van der Waals surface area contributed by atoms with Crippen LogP contribution in [0.2, 0.25) is 0 Å². The number of guanidine groups is 1. The van der Waals surface area contributed by atoms with Crippen molar-refractivity contribution < 1.29 is 22.6 Å². The number of halogens is 3. The summed E-state index contributed by atoms with van der Waals surface area (Å²) in [6.07, 6.45) is -1.78. The molecule has 2 rings (SSSR count). The van der Waals surface area contributed by atoms with Gasteiger partial charge in [-0.15, -0.1) is 0 Å². The first kappa shape index (κ1) is 20.4. The Balaban J connectivity index is 1.70. The Hall–Kier alpha value is -1.96. The average molecular weight is 373 g/mol. The quantitative estimate of drug-likeness (QED) is 0.411. The van der Waals surface area contributed by atoms with Crippen LogP contribution in [0, 0.1) is 5.92 Å². The van der Waals surface area contributed by atoms with E-state index in [0.717, 1.165) is 30.6 Å². The highest BCUT2D eigenvalue weighted by atomic mass is 19.4. The molecule has 146 valence electrons. The highest BCUT2D eigenvalue weighted by molar-refractivity contribution is 5.79. The lowest BCUT2D eigenvalue weighted by atomic mass is 10.2. The molecule has 5 nitrogen and oxygen atoms in total. The molecule has 1 saturated carbocycles. The van der Waals surface area contributed by atoms with Crippen LogP contribution in [0.5, 0.6) is 5.75 Å². The molecule has 0 spiro atoms. The van der Waals surface area contributed by atoms with E-state index in [-0.39, 0.29) is 5.75 Å². The summed E-state index contributed by atoms with van der Waals surface area (Å²) in [5, 5.41) is 3.22. The first-order valence-corrected chi connectivity index (χ1v) is 8.65. The molecule has 0 saturated heterocycles. The molecule has 1 aliphatic rings. The van der Waals surface area contributed by atoms with Crippen molar-refractivity contribution in [2.75, 3.05) is 40.5 Å². The minimum Gasteiger partial charge on any atom is -0.484 e. The number of nitrogens with one attached hydrogen (secondary N) is 1. The van der Waals surface area contributed by atoms with E-state index >= 15 is 0 Å². The van der Waals surface area contributed by atoms with E-state index in [9.17, 15) is 13.2 Å². The van der Waals surface area contributed by atoms with Gasteiger partial charge in [-0.3, -0.25) is 4.99 Å². The van der Waals surface area contributed by atoms with E-state index in [1.807, 2.05) is 11.9 Å². The largest absolute Gasteiger partial charge is 0.484 e. The van der Waals surface area contributed by atoms with Crippen LogP contribution in [0.4, 0.5) is 13.2 Å². The summed E-state index contributed by atoms with van der Waals surface area (Å²) in [5.41, 5.74) is 0.920. The highest BCUT2D eigenvalue weighted by Gasteiger charge is 2.28. The molecule has 0 radical (unpaired) electrons. The highest BCUT2D eigenvalue weighted by Crippen LogP contribution is 2.28. The van der Waals surface area contributed by atoms with Gasteiger partial charge in [0.25, 0.3) is 0 Å². The van der Waals surface area contributed by atoms with E-state index < -0.39 is 12.8 Å². The van der Waals surface area contributed by atoms with E-state index in [0.29, 0.717) is 13.2 Å². The number of rotatable bonds is 9. The third-order valence-corrected chi connectivity index (χ3v) is 3.97. The topological polar surface area (TPSA) is 46.1 Å². The maximum Gasteiger partial charge on any atom is 0.422 e. The fraction of sp³-hybridized carbons (Fsp3) is 0.611. The Morgan fingerprint density at radius 3 is 2.54 bits per heavy atom. The average Bonchev–Trinajstić information content (AvgIpc) is 3.42. The molecule has 0 unspecified atom stereocenters. The molecule has 26 heavy (non-hydrogen) atoms. The van der Waals surface area contributed by atoms with Crippen LogP contribution in [0.1, 0.15) is 18.4 Å². The van der Waals surface area contributed by atoms with Gasteiger partial charge in [-0.2, -0.15) is 13.2 Å². The first-order valence-electron chi connectivity index (χ1n) is 8.65. The van der Waals surface area contributed by atoms with Gasteiger partial charge in [0.05, 0.1) is 6.61 Å². The molecular formula is C18H26F3N3O2. The summed E-state index contributed by atoms with van der Waals surface area (Å²) < 4.78 is 46.7. The van der Waals surface area contributed by atoms with Gasteiger partial charge in [0, 0.05) is 33.8 Å². The maximum absolute atomic E-state index is 12.1. The summed E-state index contributed by atoms with van der Waals surface area (Å²) in [7, 11) is 3.64. The van der Waals surface area contributed by atoms with E-state index in [4.69, 9.17) is 9.47 Å². The van der Waals surface area contributed by atoms with Gasteiger partial charge in [0.2, 0.25) is 0 Å². The second-order valence-corrected chi connectivity index (χ2v) is 6.39. The van der Waals surface area contributed by atoms with Crippen LogP contribution in [0.3, 0.4) is 0 Å². The lowest BCUT2D eigenvalue weighted by molar-refractivity contribution is -0.153. The van der Waals surface area contributed by atoms with Gasteiger partial charge in [-0.1, -0.05) is 12.1 Å². The van der Waals surface area contributed by atoms with E-state index in [2.05, 4.69) is 10.3 Å². The summed E-state index contributed by atoms with van der Waals surface area (Å²) in [6.45, 7) is 1.45. The molecule has 0 aliphatic heterocycles. The van der Waals surface area contributed by atoms with Crippen molar-refractivity contribution in [2.24, 2.45) is 10.9 Å². The van der Waals surface area contributed by atoms with Crippen molar-refractivity contribution in [1.82, 2.24) is 10.2 Å². The number of aliphatic imine (C=N–C) groups is 1. The molecule has 0 atom stereocenters. The smallest absolute Gasteiger partial charge is 0.422 e. The minimum atomic E-state index is -4.33. The van der Waals surface area contributed by atoms with Crippen LogP contribution >= 0.6 is 0 Å². The fourth-order valence-electron chi connectivity index (χ4n) is 2.28. The third-order valence-electron chi connectivity index (χ3n) is 3.97. The molecule has 1 aromatic carbocycles. The molecule has 0 bridgehead atoms. The van der Waals surface area contributed by atoms with Gasteiger partial charge in [-0.25, -0.2) is 0 Å². The second kappa shape index (κ2) is 9.66. The van der Waals surface area contributed by atoms with Crippen molar-refractivity contribution in [1.29, 1.82) is 0 Å². The van der Waals surface area contributed by atoms with Gasteiger partial charge < -0.3 is 19.7 Å². The number of hydrogen-bond acceptors (Lipinski definition) is 3. The molecule has 1 aromatic rings. The molecule has 1 aliphatic carbocycles. The standard InChI is InChI=1S/C18H26F3N3O2/c1-22-17(24(2)9-10-25-12-15-3-4-15)23-11-14-5-7-16(8-6-14)26-13-18(19,20)21/h5-8,15H,3-4,9-13H2,1-2H3,(H,22,23). The predicted octanol–water partition coefficient (Wildman–Crippen LogP) is 3.06. The normalized spacial score (nSPS) is 15.0. The lowest BCUT2D eigenvalue weighted by Crippen LogP contribution is -2.40. The van der Waals surface area contributed by atoms with Gasteiger partial charge in [0.15, 0.2) is 12.6 Å². The summed E-state index contributed by atoms with van der Waals surface area (Å²) in [4.78, 5) is 6.21. The number of nitrogens with zero attached hydrogens (tertiary/aromatic N) is 2. The van der Waals surface area contributed by atoms with Gasteiger partial charge >= 0.3 is 6.18 Å². The molecule has 8 heteroatoms. The van der Waals surface area contributed by atoms with Crippen molar-refractivity contribution in [3.63, 3.8) is 0 Å². The molecule has 1 N–H and O–H groups in total. The molecule has 0 amide bonds. The van der Waals surface area contributed by atoms with Crippen molar-refractivity contribution in [3.8, 4) is 5.75 Å². The monoisotopic (exact) mass is 373 g/mol. The Bertz CT molecular complexity index is 572. The van der Waals surface area contributed by atoms with E-state index in [1.54, 1.807) is 19.2 Å².